The fraction of sp³-hybridized carbons (Fsp3) is 0.333. The van der Waals surface area contributed by atoms with Crippen molar-refractivity contribution < 1.29 is 9.53 Å². The smallest absolute Gasteiger partial charge is 0.217 e. The van der Waals surface area contributed by atoms with Crippen molar-refractivity contribution in [2.45, 2.75) is 19.4 Å². The Labute approximate surface area is 88.8 Å². The first-order chi connectivity index (χ1) is 7.12. The zero-order chi connectivity index (χ0) is 10.9. The van der Waals surface area contributed by atoms with Gasteiger partial charge in [0.05, 0.1) is 5.54 Å². The average Bonchev–Trinajstić information content (AvgIpc) is 2.59. The molecule has 1 heterocycles. The third-order valence-electron chi connectivity index (χ3n) is 2.28. The largest absolute Gasteiger partial charge is 0.475 e. The lowest BCUT2D eigenvalue weighted by Crippen LogP contribution is -2.17. The van der Waals surface area contributed by atoms with Crippen LogP contribution in [0.5, 0.6) is 0 Å². The molecule has 2 rings (SSSR count). The lowest BCUT2D eigenvalue weighted by Gasteiger charge is -2.07. The second kappa shape index (κ2) is 3.50. The van der Waals surface area contributed by atoms with E-state index in [0.29, 0.717) is 18.1 Å². The molecule has 1 aromatic rings. The van der Waals surface area contributed by atoms with Crippen molar-refractivity contribution in [1.82, 2.24) is 0 Å². The van der Waals surface area contributed by atoms with E-state index in [1.54, 1.807) is 6.07 Å². The van der Waals surface area contributed by atoms with Gasteiger partial charge in [0.1, 0.15) is 6.61 Å². The third kappa shape index (κ3) is 1.91. The van der Waals surface area contributed by atoms with Gasteiger partial charge in [0.15, 0.2) is 6.29 Å². The van der Waals surface area contributed by atoms with Crippen molar-refractivity contribution in [3.63, 3.8) is 0 Å². The fourth-order valence-electron chi connectivity index (χ4n) is 1.52. The number of benzene rings is 1. The van der Waals surface area contributed by atoms with Gasteiger partial charge in [-0.25, -0.2) is 4.99 Å². The van der Waals surface area contributed by atoms with Crippen LogP contribution in [0, 0.1) is 0 Å². The minimum atomic E-state index is -0.189. The molecule has 1 aliphatic rings. The molecule has 0 saturated carbocycles. The molecule has 0 N–H and O–H groups in total. The van der Waals surface area contributed by atoms with E-state index in [-0.39, 0.29) is 5.54 Å². The van der Waals surface area contributed by atoms with Crippen LogP contribution in [0.2, 0.25) is 0 Å². The Morgan fingerprint density at radius 1 is 1.40 bits per heavy atom. The first-order valence-electron chi connectivity index (χ1n) is 4.90. The monoisotopic (exact) mass is 203 g/mol. The molecule has 0 spiro atoms. The van der Waals surface area contributed by atoms with Crippen LogP contribution in [0.4, 0.5) is 0 Å². The average molecular weight is 203 g/mol. The molecule has 0 aromatic heterocycles. The summed E-state index contributed by atoms with van der Waals surface area (Å²) in [4.78, 5) is 15.3. The maximum atomic E-state index is 10.8. The van der Waals surface area contributed by atoms with E-state index >= 15 is 0 Å². The molecule has 0 radical (unpaired) electrons. The summed E-state index contributed by atoms with van der Waals surface area (Å²) in [5.41, 5.74) is 1.21. The maximum Gasteiger partial charge on any atom is 0.217 e. The lowest BCUT2D eigenvalue weighted by atomic mass is 10.1. The highest BCUT2D eigenvalue weighted by molar-refractivity contribution is 6.02. The topological polar surface area (TPSA) is 38.7 Å². The van der Waals surface area contributed by atoms with Gasteiger partial charge in [-0.15, -0.1) is 0 Å². The predicted octanol–water partition coefficient (Wildman–Crippen LogP) is 2.05. The van der Waals surface area contributed by atoms with Crippen LogP contribution in [0.15, 0.2) is 29.3 Å². The Bertz CT molecular complexity index is 421. The molecule has 0 unspecified atom stereocenters. The first kappa shape index (κ1) is 9.90. The quantitative estimate of drug-likeness (QED) is 0.690. The van der Waals surface area contributed by atoms with Gasteiger partial charge in [-0.2, -0.15) is 0 Å². The Kier molecular flexibility index (Phi) is 2.31. The molecular weight excluding hydrogens is 190 g/mol. The molecule has 78 valence electrons. The number of ether oxygens (including phenoxy) is 1. The van der Waals surface area contributed by atoms with Crippen molar-refractivity contribution in [2.75, 3.05) is 6.61 Å². The number of aldehydes is 1. The minimum Gasteiger partial charge on any atom is -0.475 e. The van der Waals surface area contributed by atoms with Gasteiger partial charge in [-0.05, 0) is 19.9 Å². The SMILES string of the molecule is CC1(C)COC(c2ccccc2C=O)=N1. The molecule has 0 aliphatic carbocycles. The van der Waals surface area contributed by atoms with Crippen LogP contribution < -0.4 is 0 Å². The molecule has 0 amide bonds. The van der Waals surface area contributed by atoms with E-state index in [1.165, 1.54) is 0 Å². The van der Waals surface area contributed by atoms with Gasteiger partial charge < -0.3 is 4.74 Å². The standard InChI is InChI=1S/C12H13NO2/c1-12(2)8-15-11(13-12)10-6-4-3-5-9(10)7-14/h3-7H,8H2,1-2H3. The highest BCUT2D eigenvalue weighted by Gasteiger charge is 2.27. The third-order valence-corrected chi connectivity index (χ3v) is 2.28. The van der Waals surface area contributed by atoms with Crippen molar-refractivity contribution in [2.24, 2.45) is 4.99 Å². The van der Waals surface area contributed by atoms with Crippen LogP contribution in [0.25, 0.3) is 0 Å². The summed E-state index contributed by atoms with van der Waals surface area (Å²) in [6.07, 6.45) is 0.826. The number of rotatable bonds is 2. The molecule has 3 nitrogen and oxygen atoms in total. The molecule has 0 saturated heterocycles. The van der Waals surface area contributed by atoms with Crippen LogP contribution in [0.1, 0.15) is 29.8 Å². The van der Waals surface area contributed by atoms with E-state index < -0.39 is 0 Å². The first-order valence-corrected chi connectivity index (χ1v) is 4.90. The van der Waals surface area contributed by atoms with Crippen LogP contribution >= 0.6 is 0 Å². The van der Waals surface area contributed by atoms with Crippen molar-refractivity contribution in [3.05, 3.63) is 35.4 Å². The number of nitrogens with zero attached hydrogens (tertiary/aromatic N) is 1. The van der Waals surface area contributed by atoms with Crippen molar-refractivity contribution >= 4 is 12.2 Å². The molecule has 0 fully saturated rings. The summed E-state index contributed by atoms with van der Waals surface area (Å²) in [5.74, 6) is 0.572. The second-order valence-corrected chi connectivity index (χ2v) is 4.22. The van der Waals surface area contributed by atoms with Crippen LogP contribution in [-0.4, -0.2) is 24.3 Å². The summed E-state index contributed by atoms with van der Waals surface area (Å²) in [7, 11) is 0. The zero-order valence-corrected chi connectivity index (χ0v) is 8.86. The Balaban J connectivity index is 2.43. The summed E-state index contributed by atoms with van der Waals surface area (Å²) in [6, 6.07) is 7.32. The van der Waals surface area contributed by atoms with Gasteiger partial charge in [0.2, 0.25) is 5.90 Å². The van der Waals surface area contributed by atoms with E-state index in [4.69, 9.17) is 4.74 Å². The minimum absolute atomic E-state index is 0.189. The van der Waals surface area contributed by atoms with E-state index in [9.17, 15) is 4.79 Å². The summed E-state index contributed by atoms with van der Waals surface area (Å²) < 4.78 is 5.49. The molecule has 0 atom stereocenters. The van der Waals surface area contributed by atoms with Crippen LogP contribution in [0.3, 0.4) is 0 Å². The van der Waals surface area contributed by atoms with Gasteiger partial charge >= 0.3 is 0 Å². The number of aliphatic imine (C=N–C) groups is 1. The van der Waals surface area contributed by atoms with Crippen molar-refractivity contribution in [1.29, 1.82) is 0 Å². The summed E-state index contributed by atoms with van der Waals surface area (Å²) in [5, 5.41) is 0. The molecule has 15 heavy (non-hydrogen) atoms. The lowest BCUT2D eigenvalue weighted by molar-refractivity contribution is 0.112. The molecule has 0 bridgehead atoms. The Hall–Kier alpha value is -1.64. The van der Waals surface area contributed by atoms with Crippen LogP contribution in [-0.2, 0) is 4.74 Å². The van der Waals surface area contributed by atoms with E-state index in [2.05, 4.69) is 4.99 Å². The Morgan fingerprint density at radius 2 is 2.13 bits per heavy atom. The molecule has 1 aromatic carbocycles. The summed E-state index contributed by atoms with van der Waals surface area (Å²) >= 11 is 0. The highest BCUT2D eigenvalue weighted by Crippen LogP contribution is 2.21. The highest BCUT2D eigenvalue weighted by atomic mass is 16.5. The Morgan fingerprint density at radius 3 is 2.73 bits per heavy atom. The number of hydrogen-bond acceptors (Lipinski definition) is 3. The normalized spacial score (nSPS) is 18.1. The van der Waals surface area contributed by atoms with Gasteiger partial charge in [-0.3, -0.25) is 4.79 Å². The molecule has 1 aliphatic heterocycles. The van der Waals surface area contributed by atoms with Gasteiger partial charge in [0, 0.05) is 11.1 Å². The van der Waals surface area contributed by atoms with E-state index in [1.807, 2.05) is 32.0 Å². The second-order valence-electron chi connectivity index (χ2n) is 4.22. The van der Waals surface area contributed by atoms with Gasteiger partial charge in [-0.1, -0.05) is 18.2 Å². The fourth-order valence-corrected chi connectivity index (χ4v) is 1.52. The molecular formula is C12H13NO2. The number of hydrogen-bond donors (Lipinski definition) is 0. The number of carbonyl (C=O) groups excluding carboxylic acids is 1. The predicted molar refractivity (Wildman–Crippen MR) is 58.4 cm³/mol. The summed E-state index contributed by atoms with van der Waals surface area (Å²) in [6.45, 7) is 4.57. The van der Waals surface area contributed by atoms with E-state index in [0.717, 1.165) is 11.8 Å². The molecule has 3 heteroatoms. The van der Waals surface area contributed by atoms with Crippen molar-refractivity contribution in [3.8, 4) is 0 Å². The number of carbonyl (C=O) groups is 1. The maximum absolute atomic E-state index is 10.8. The van der Waals surface area contributed by atoms with Gasteiger partial charge in [0.25, 0.3) is 0 Å². The zero-order valence-electron chi connectivity index (χ0n) is 8.86.